The van der Waals surface area contributed by atoms with Crippen LogP contribution in [-0.4, -0.2) is 16.7 Å². The molecule has 0 unspecified atom stereocenters. The molecule has 1 saturated heterocycles. The maximum absolute atomic E-state index is 11.4. The van der Waals surface area contributed by atoms with Gasteiger partial charge >= 0.3 is 0 Å². The van der Waals surface area contributed by atoms with Gasteiger partial charge in [-0.05, 0) is 18.2 Å². The van der Waals surface area contributed by atoms with Crippen LogP contribution in [0.2, 0.25) is 0 Å². The van der Waals surface area contributed by atoms with Crippen LogP contribution in [-0.2, 0) is 9.59 Å². The molecule has 3 rings (SSSR count). The Morgan fingerprint density at radius 1 is 1.09 bits per heavy atom. The normalized spacial score (nSPS) is 13.7. The molecular weight excluding hydrogens is 290 g/mol. The molecule has 1 aromatic carbocycles. The van der Waals surface area contributed by atoms with Crippen LogP contribution in [0.1, 0.15) is 5.76 Å². The summed E-state index contributed by atoms with van der Waals surface area (Å²) < 4.78 is 5.50. The lowest BCUT2D eigenvalue weighted by Crippen LogP contribution is -2.28. The molecule has 2 aromatic rings. The average molecular weight is 299 g/mol. The highest BCUT2D eigenvalue weighted by atomic mass is 16.6. The van der Waals surface area contributed by atoms with E-state index in [1.54, 1.807) is 24.3 Å². The third-order valence-corrected chi connectivity index (χ3v) is 3.03. The summed E-state index contributed by atoms with van der Waals surface area (Å²) in [6.45, 7) is 0. The van der Waals surface area contributed by atoms with Crippen molar-refractivity contribution < 1.29 is 18.9 Å². The first-order valence-electron chi connectivity index (χ1n) is 6.21. The first-order valence-corrected chi connectivity index (χ1v) is 6.21. The van der Waals surface area contributed by atoms with Gasteiger partial charge in [0.05, 0.1) is 4.92 Å². The quantitative estimate of drug-likeness (QED) is 0.385. The second-order valence-corrected chi connectivity index (χ2v) is 4.48. The van der Waals surface area contributed by atoms with Crippen LogP contribution in [0, 0.1) is 10.1 Å². The van der Waals surface area contributed by atoms with Crippen LogP contribution in [0.4, 0.5) is 5.69 Å². The standard InChI is InChI=1S/C14H9N3O5/c18-13-11(14(19)16-15-13)7-10-4-5-12(22-10)8-2-1-3-9(6-8)17(20)21/h1-7H,(H,15,18)(H,16,19). The topological polar surface area (TPSA) is 114 Å². The number of carbonyl (C=O) groups is 2. The fourth-order valence-corrected chi connectivity index (χ4v) is 1.98. The van der Waals surface area contributed by atoms with Crippen LogP contribution in [0.15, 0.2) is 46.4 Å². The number of furan rings is 1. The third kappa shape index (κ3) is 2.44. The Kier molecular flexibility index (Phi) is 3.18. The van der Waals surface area contributed by atoms with E-state index in [1.165, 1.54) is 18.2 Å². The number of nitrogens with zero attached hydrogens (tertiary/aromatic N) is 1. The number of carbonyl (C=O) groups excluding carboxylic acids is 2. The highest BCUT2D eigenvalue weighted by Crippen LogP contribution is 2.26. The number of nitrogens with one attached hydrogen (secondary N) is 2. The Morgan fingerprint density at radius 3 is 2.50 bits per heavy atom. The fourth-order valence-electron chi connectivity index (χ4n) is 1.98. The lowest BCUT2D eigenvalue weighted by molar-refractivity contribution is -0.384. The molecule has 0 radical (unpaired) electrons. The summed E-state index contributed by atoms with van der Waals surface area (Å²) in [6, 6.07) is 9.15. The number of rotatable bonds is 3. The van der Waals surface area contributed by atoms with E-state index in [4.69, 9.17) is 4.42 Å². The van der Waals surface area contributed by atoms with Gasteiger partial charge in [0.1, 0.15) is 17.1 Å². The molecule has 2 heterocycles. The van der Waals surface area contributed by atoms with Crippen molar-refractivity contribution in [3.63, 3.8) is 0 Å². The molecule has 1 aliphatic rings. The van der Waals surface area contributed by atoms with Gasteiger partial charge in [0, 0.05) is 17.7 Å². The number of hydrazine groups is 1. The van der Waals surface area contributed by atoms with E-state index >= 15 is 0 Å². The summed E-state index contributed by atoms with van der Waals surface area (Å²) in [5.74, 6) is -0.394. The Balaban J connectivity index is 1.93. The van der Waals surface area contributed by atoms with Gasteiger partial charge in [-0.1, -0.05) is 12.1 Å². The van der Waals surface area contributed by atoms with Crippen LogP contribution in [0.5, 0.6) is 0 Å². The highest BCUT2D eigenvalue weighted by molar-refractivity contribution is 6.25. The maximum atomic E-state index is 11.4. The van der Waals surface area contributed by atoms with Crippen molar-refractivity contribution in [3.05, 3.63) is 57.8 Å². The van der Waals surface area contributed by atoms with Gasteiger partial charge in [0.25, 0.3) is 17.5 Å². The van der Waals surface area contributed by atoms with E-state index < -0.39 is 16.7 Å². The minimum Gasteiger partial charge on any atom is -0.457 e. The van der Waals surface area contributed by atoms with Gasteiger partial charge in [0.2, 0.25) is 0 Å². The van der Waals surface area contributed by atoms with Gasteiger partial charge < -0.3 is 4.42 Å². The average Bonchev–Trinajstić information content (AvgIpc) is 3.10. The first-order chi connectivity index (χ1) is 10.5. The minimum atomic E-state index is -0.543. The maximum Gasteiger partial charge on any atom is 0.275 e. The Labute approximate surface area is 123 Å². The summed E-state index contributed by atoms with van der Waals surface area (Å²) in [7, 11) is 0. The first kappa shape index (κ1) is 13.6. The van der Waals surface area contributed by atoms with Crippen molar-refractivity contribution in [3.8, 4) is 11.3 Å². The second kappa shape index (κ2) is 5.17. The smallest absolute Gasteiger partial charge is 0.275 e. The molecule has 0 atom stereocenters. The Bertz CT molecular complexity index is 803. The zero-order valence-electron chi connectivity index (χ0n) is 11.0. The number of non-ortho nitro benzene ring substituents is 1. The molecule has 0 aliphatic carbocycles. The molecule has 110 valence electrons. The molecule has 22 heavy (non-hydrogen) atoms. The molecule has 1 fully saturated rings. The molecule has 1 aromatic heterocycles. The summed E-state index contributed by atoms with van der Waals surface area (Å²) in [4.78, 5) is 33.1. The summed E-state index contributed by atoms with van der Waals surface area (Å²) in [6.07, 6.45) is 1.30. The lowest BCUT2D eigenvalue weighted by Gasteiger charge is -1.97. The monoisotopic (exact) mass is 299 g/mol. The Morgan fingerprint density at radius 2 is 1.82 bits per heavy atom. The minimum absolute atomic E-state index is 0.0525. The molecule has 2 N–H and O–H groups in total. The van der Waals surface area contributed by atoms with E-state index in [0.717, 1.165) is 0 Å². The zero-order valence-corrected chi connectivity index (χ0v) is 11.0. The Hall–Kier alpha value is -3.42. The van der Waals surface area contributed by atoms with E-state index in [2.05, 4.69) is 10.9 Å². The molecule has 8 nitrogen and oxygen atoms in total. The van der Waals surface area contributed by atoms with Crippen molar-refractivity contribution in [2.45, 2.75) is 0 Å². The van der Waals surface area contributed by atoms with Gasteiger partial charge in [0.15, 0.2) is 0 Å². The van der Waals surface area contributed by atoms with E-state index in [9.17, 15) is 19.7 Å². The van der Waals surface area contributed by atoms with Gasteiger partial charge in [-0.2, -0.15) is 0 Å². The van der Waals surface area contributed by atoms with Crippen molar-refractivity contribution >= 4 is 23.6 Å². The highest BCUT2D eigenvalue weighted by Gasteiger charge is 2.25. The van der Waals surface area contributed by atoms with Crippen molar-refractivity contribution in [2.24, 2.45) is 0 Å². The number of benzene rings is 1. The van der Waals surface area contributed by atoms with E-state index in [-0.39, 0.29) is 11.3 Å². The van der Waals surface area contributed by atoms with Gasteiger partial charge in [-0.25, -0.2) is 0 Å². The largest absolute Gasteiger partial charge is 0.457 e. The predicted octanol–water partition coefficient (Wildman–Crippen LogP) is 1.40. The number of hydrogen-bond donors (Lipinski definition) is 2. The lowest BCUT2D eigenvalue weighted by atomic mass is 10.1. The van der Waals surface area contributed by atoms with Crippen LogP contribution in [0.3, 0.4) is 0 Å². The summed E-state index contributed by atoms with van der Waals surface area (Å²) in [5, 5.41) is 10.8. The zero-order chi connectivity index (χ0) is 15.7. The van der Waals surface area contributed by atoms with Crippen LogP contribution < -0.4 is 10.9 Å². The molecule has 8 heteroatoms. The van der Waals surface area contributed by atoms with Crippen molar-refractivity contribution in [1.82, 2.24) is 10.9 Å². The number of nitro groups is 1. The molecule has 0 bridgehead atoms. The molecule has 1 aliphatic heterocycles. The number of nitro benzene ring substituents is 1. The molecule has 0 saturated carbocycles. The second-order valence-electron chi connectivity index (χ2n) is 4.48. The van der Waals surface area contributed by atoms with Gasteiger partial charge in [-0.15, -0.1) is 0 Å². The number of amides is 2. The van der Waals surface area contributed by atoms with E-state index in [0.29, 0.717) is 17.1 Å². The third-order valence-electron chi connectivity index (χ3n) is 3.03. The van der Waals surface area contributed by atoms with Crippen molar-refractivity contribution in [2.75, 3.05) is 0 Å². The number of hydrogen-bond acceptors (Lipinski definition) is 5. The molecule has 0 spiro atoms. The molecule has 2 amide bonds. The van der Waals surface area contributed by atoms with E-state index in [1.807, 2.05) is 0 Å². The summed E-state index contributed by atoms with van der Waals surface area (Å²) in [5.41, 5.74) is 4.75. The predicted molar refractivity (Wildman–Crippen MR) is 75.1 cm³/mol. The SMILES string of the molecule is O=C1NNC(=O)C1=Cc1ccc(-c2cccc([N+](=O)[O-])c2)o1. The van der Waals surface area contributed by atoms with Crippen molar-refractivity contribution in [1.29, 1.82) is 0 Å². The van der Waals surface area contributed by atoms with Gasteiger partial charge in [-0.3, -0.25) is 30.6 Å². The molecular formula is C14H9N3O5. The summed E-state index contributed by atoms with van der Waals surface area (Å²) >= 11 is 0. The van der Waals surface area contributed by atoms with Crippen LogP contribution >= 0.6 is 0 Å². The fraction of sp³-hybridized carbons (Fsp3) is 0. The van der Waals surface area contributed by atoms with Crippen LogP contribution in [0.25, 0.3) is 17.4 Å².